The molecule has 1 aliphatic carbocycles. The first-order valence-corrected chi connectivity index (χ1v) is 7.43. The normalized spacial score (nSPS) is 16.2. The van der Waals surface area contributed by atoms with Gasteiger partial charge >= 0.3 is 0 Å². The van der Waals surface area contributed by atoms with E-state index in [-0.39, 0.29) is 0 Å². The topological polar surface area (TPSA) is 30.5 Å². The van der Waals surface area contributed by atoms with Crippen LogP contribution in [0.25, 0.3) is 0 Å². The summed E-state index contributed by atoms with van der Waals surface area (Å²) >= 11 is 0. The molecule has 0 aliphatic heterocycles. The molecule has 1 aromatic rings. The van der Waals surface area contributed by atoms with Crippen LogP contribution in [0.5, 0.6) is 11.5 Å². The molecule has 0 bridgehead atoms. The summed E-state index contributed by atoms with van der Waals surface area (Å²) < 4.78 is 11.3. The number of ether oxygens (including phenoxy) is 2. The van der Waals surface area contributed by atoms with Gasteiger partial charge in [0.1, 0.15) is 0 Å². The summed E-state index contributed by atoms with van der Waals surface area (Å²) in [6.45, 7) is 8.49. The van der Waals surface area contributed by atoms with Crippen molar-refractivity contribution in [1.82, 2.24) is 5.32 Å². The van der Waals surface area contributed by atoms with Crippen LogP contribution in [0.1, 0.15) is 45.2 Å². The second kappa shape index (κ2) is 6.80. The van der Waals surface area contributed by atoms with E-state index < -0.39 is 0 Å². The van der Waals surface area contributed by atoms with Crippen molar-refractivity contribution < 1.29 is 9.47 Å². The quantitative estimate of drug-likeness (QED) is 0.778. The average Bonchev–Trinajstić information content (AvgIpc) is 3.23. The van der Waals surface area contributed by atoms with Gasteiger partial charge in [0.05, 0.1) is 13.2 Å². The standard InChI is InChI=1S/C16H25NO2/c1-4-17-16(12-7-8-12)13-9-10-14(18-5-2)15(11-13)19-6-3/h9-12,16-17H,4-8H2,1-3H3. The molecule has 1 saturated carbocycles. The van der Waals surface area contributed by atoms with Gasteiger partial charge < -0.3 is 14.8 Å². The summed E-state index contributed by atoms with van der Waals surface area (Å²) in [5, 5.41) is 3.59. The van der Waals surface area contributed by atoms with E-state index in [4.69, 9.17) is 9.47 Å². The van der Waals surface area contributed by atoms with Crippen molar-refractivity contribution in [3.63, 3.8) is 0 Å². The molecule has 0 aromatic heterocycles. The predicted octanol–water partition coefficient (Wildman–Crippen LogP) is 3.54. The minimum Gasteiger partial charge on any atom is -0.490 e. The Morgan fingerprint density at radius 3 is 2.37 bits per heavy atom. The molecule has 3 heteroatoms. The van der Waals surface area contributed by atoms with Gasteiger partial charge in [-0.3, -0.25) is 0 Å². The van der Waals surface area contributed by atoms with Crippen molar-refractivity contribution in [2.24, 2.45) is 5.92 Å². The van der Waals surface area contributed by atoms with Gasteiger partial charge in [-0.25, -0.2) is 0 Å². The molecule has 0 radical (unpaired) electrons. The Bertz CT molecular complexity index is 402. The first-order chi connectivity index (χ1) is 9.30. The molecule has 3 nitrogen and oxygen atoms in total. The van der Waals surface area contributed by atoms with Gasteiger partial charge in [-0.15, -0.1) is 0 Å². The fourth-order valence-corrected chi connectivity index (χ4v) is 2.47. The Labute approximate surface area is 116 Å². The summed E-state index contributed by atoms with van der Waals surface area (Å²) in [7, 11) is 0. The molecular weight excluding hydrogens is 238 g/mol. The van der Waals surface area contributed by atoms with Crippen LogP contribution in [-0.2, 0) is 0 Å². The molecule has 0 amide bonds. The van der Waals surface area contributed by atoms with E-state index in [0.717, 1.165) is 24.0 Å². The number of hydrogen-bond acceptors (Lipinski definition) is 3. The molecule has 106 valence electrons. The van der Waals surface area contributed by atoms with Gasteiger partial charge in [0.2, 0.25) is 0 Å². The van der Waals surface area contributed by atoms with Crippen molar-refractivity contribution in [1.29, 1.82) is 0 Å². The van der Waals surface area contributed by atoms with Crippen molar-refractivity contribution in [3.05, 3.63) is 23.8 Å². The van der Waals surface area contributed by atoms with Gasteiger partial charge in [0, 0.05) is 6.04 Å². The number of hydrogen-bond donors (Lipinski definition) is 1. The van der Waals surface area contributed by atoms with Gasteiger partial charge in [-0.1, -0.05) is 13.0 Å². The highest BCUT2D eigenvalue weighted by Gasteiger charge is 2.32. The largest absolute Gasteiger partial charge is 0.490 e. The number of rotatable bonds is 8. The zero-order valence-corrected chi connectivity index (χ0v) is 12.2. The summed E-state index contributed by atoms with van der Waals surface area (Å²) in [6.07, 6.45) is 2.66. The zero-order chi connectivity index (χ0) is 13.7. The maximum absolute atomic E-state index is 5.71. The Morgan fingerprint density at radius 2 is 1.79 bits per heavy atom. The van der Waals surface area contributed by atoms with Gasteiger partial charge in [-0.05, 0) is 56.8 Å². The van der Waals surface area contributed by atoms with E-state index in [1.54, 1.807) is 0 Å². The lowest BCUT2D eigenvalue weighted by Crippen LogP contribution is -2.22. The molecule has 1 aliphatic rings. The SMILES string of the molecule is CCNC(c1ccc(OCC)c(OCC)c1)C1CC1. The third-order valence-electron chi connectivity index (χ3n) is 3.44. The second-order valence-corrected chi connectivity index (χ2v) is 4.94. The molecule has 1 N–H and O–H groups in total. The fraction of sp³-hybridized carbons (Fsp3) is 0.625. The van der Waals surface area contributed by atoms with E-state index in [1.165, 1.54) is 18.4 Å². The highest BCUT2D eigenvalue weighted by Crippen LogP contribution is 2.42. The Kier molecular flexibility index (Phi) is 5.08. The highest BCUT2D eigenvalue weighted by atomic mass is 16.5. The lowest BCUT2D eigenvalue weighted by atomic mass is 10.0. The predicted molar refractivity (Wildman–Crippen MR) is 77.9 cm³/mol. The molecular formula is C16H25NO2. The van der Waals surface area contributed by atoms with Crippen LogP contribution >= 0.6 is 0 Å². The minimum absolute atomic E-state index is 0.458. The highest BCUT2D eigenvalue weighted by molar-refractivity contribution is 5.44. The van der Waals surface area contributed by atoms with Gasteiger partial charge in [0.25, 0.3) is 0 Å². The van der Waals surface area contributed by atoms with Crippen LogP contribution in [0.15, 0.2) is 18.2 Å². The van der Waals surface area contributed by atoms with Crippen LogP contribution in [0.3, 0.4) is 0 Å². The Hall–Kier alpha value is -1.22. The molecule has 2 rings (SSSR count). The summed E-state index contributed by atoms with van der Waals surface area (Å²) in [5.41, 5.74) is 1.32. The van der Waals surface area contributed by atoms with Crippen LogP contribution in [-0.4, -0.2) is 19.8 Å². The zero-order valence-electron chi connectivity index (χ0n) is 12.2. The van der Waals surface area contributed by atoms with E-state index in [0.29, 0.717) is 19.3 Å². The minimum atomic E-state index is 0.458. The maximum atomic E-state index is 5.71. The first-order valence-electron chi connectivity index (χ1n) is 7.43. The third kappa shape index (κ3) is 3.63. The van der Waals surface area contributed by atoms with Crippen LogP contribution in [0.2, 0.25) is 0 Å². The number of benzene rings is 1. The van der Waals surface area contributed by atoms with Crippen LogP contribution in [0, 0.1) is 5.92 Å². The van der Waals surface area contributed by atoms with E-state index in [2.05, 4.69) is 24.4 Å². The molecule has 19 heavy (non-hydrogen) atoms. The van der Waals surface area contributed by atoms with E-state index in [9.17, 15) is 0 Å². The second-order valence-electron chi connectivity index (χ2n) is 4.94. The fourth-order valence-electron chi connectivity index (χ4n) is 2.47. The first kappa shape index (κ1) is 14.2. The molecule has 1 fully saturated rings. The molecule has 0 spiro atoms. The third-order valence-corrected chi connectivity index (χ3v) is 3.44. The van der Waals surface area contributed by atoms with Gasteiger partial charge in [-0.2, -0.15) is 0 Å². The summed E-state index contributed by atoms with van der Waals surface area (Å²) in [5.74, 6) is 2.50. The number of nitrogens with one attached hydrogen (secondary N) is 1. The molecule has 1 atom stereocenters. The van der Waals surface area contributed by atoms with Crippen LogP contribution < -0.4 is 14.8 Å². The molecule has 1 aromatic carbocycles. The maximum Gasteiger partial charge on any atom is 0.161 e. The summed E-state index contributed by atoms with van der Waals surface area (Å²) in [4.78, 5) is 0. The molecule has 0 saturated heterocycles. The molecule has 0 heterocycles. The Balaban J connectivity index is 2.22. The molecule has 1 unspecified atom stereocenters. The van der Waals surface area contributed by atoms with Crippen molar-refractivity contribution in [2.45, 2.75) is 39.7 Å². The smallest absolute Gasteiger partial charge is 0.161 e. The average molecular weight is 263 g/mol. The lowest BCUT2D eigenvalue weighted by molar-refractivity contribution is 0.287. The van der Waals surface area contributed by atoms with Crippen molar-refractivity contribution in [2.75, 3.05) is 19.8 Å². The van der Waals surface area contributed by atoms with Crippen molar-refractivity contribution >= 4 is 0 Å². The van der Waals surface area contributed by atoms with Gasteiger partial charge in [0.15, 0.2) is 11.5 Å². The van der Waals surface area contributed by atoms with Crippen molar-refractivity contribution in [3.8, 4) is 11.5 Å². The van der Waals surface area contributed by atoms with E-state index in [1.807, 2.05) is 19.9 Å². The Morgan fingerprint density at radius 1 is 1.11 bits per heavy atom. The van der Waals surface area contributed by atoms with E-state index >= 15 is 0 Å². The van der Waals surface area contributed by atoms with Crippen LogP contribution in [0.4, 0.5) is 0 Å². The summed E-state index contributed by atoms with van der Waals surface area (Å²) in [6, 6.07) is 6.80. The monoisotopic (exact) mass is 263 g/mol. The lowest BCUT2D eigenvalue weighted by Gasteiger charge is -2.20.